The highest BCUT2D eigenvalue weighted by molar-refractivity contribution is 5.71. The third-order valence-corrected chi connectivity index (χ3v) is 6.52. The number of ether oxygens (including phenoxy) is 1. The number of esters is 1. The Morgan fingerprint density at radius 1 is 0.833 bits per heavy atom. The van der Waals surface area contributed by atoms with E-state index in [1.165, 1.54) is 6.07 Å². The second-order valence-corrected chi connectivity index (χ2v) is 8.87. The lowest BCUT2D eigenvalue weighted by molar-refractivity contribution is -0.145. The van der Waals surface area contributed by atoms with Gasteiger partial charge in [0.2, 0.25) is 0 Å². The van der Waals surface area contributed by atoms with Gasteiger partial charge in [-0.3, -0.25) is 9.69 Å². The molecular weight excluding hydrogens is 449 g/mol. The van der Waals surface area contributed by atoms with Crippen molar-refractivity contribution < 1.29 is 13.9 Å². The quantitative estimate of drug-likeness (QED) is 0.217. The Kier molecular flexibility index (Phi) is 8.64. The molecule has 0 fully saturated rings. The summed E-state index contributed by atoms with van der Waals surface area (Å²) >= 11 is 0. The second-order valence-electron chi connectivity index (χ2n) is 8.87. The SMILES string of the molecule is CCOC(=O)CC(c1cc(-c2ccccc2)ccc1F)N(Cc1ccccc1)[C@H](C)c1ccccc1. The van der Waals surface area contributed by atoms with E-state index in [-0.39, 0.29) is 30.9 Å². The molecule has 0 heterocycles. The fourth-order valence-corrected chi connectivity index (χ4v) is 4.63. The van der Waals surface area contributed by atoms with Crippen LogP contribution in [0, 0.1) is 5.82 Å². The number of benzene rings is 4. The van der Waals surface area contributed by atoms with E-state index in [1.807, 2.05) is 72.8 Å². The number of carbonyl (C=O) groups is 1. The minimum absolute atomic E-state index is 0.0486. The third-order valence-electron chi connectivity index (χ3n) is 6.52. The predicted octanol–water partition coefficient (Wildman–Crippen LogP) is 7.75. The van der Waals surface area contributed by atoms with Crippen LogP contribution < -0.4 is 0 Å². The molecule has 0 spiro atoms. The Bertz CT molecular complexity index is 1250. The number of nitrogens with zero attached hydrogens (tertiary/aromatic N) is 1. The molecule has 36 heavy (non-hydrogen) atoms. The number of rotatable bonds is 10. The van der Waals surface area contributed by atoms with Crippen molar-refractivity contribution in [3.8, 4) is 11.1 Å². The molecule has 0 saturated heterocycles. The molecule has 0 radical (unpaired) electrons. The van der Waals surface area contributed by atoms with Crippen LogP contribution in [0.3, 0.4) is 0 Å². The van der Waals surface area contributed by atoms with E-state index in [2.05, 4.69) is 36.1 Å². The largest absolute Gasteiger partial charge is 0.466 e. The number of hydrogen-bond acceptors (Lipinski definition) is 3. The van der Waals surface area contributed by atoms with Crippen LogP contribution in [0.1, 0.15) is 49.0 Å². The summed E-state index contributed by atoms with van der Waals surface area (Å²) in [6.07, 6.45) is 0.0486. The highest BCUT2D eigenvalue weighted by Crippen LogP contribution is 2.37. The molecule has 4 rings (SSSR count). The van der Waals surface area contributed by atoms with Gasteiger partial charge < -0.3 is 4.74 Å². The number of halogens is 1. The van der Waals surface area contributed by atoms with Crippen LogP contribution in [0.15, 0.2) is 109 Å². The van der Waals surface area contributed by atoms with Crippen molar-refractivity contribution in [1.29, 1.82) is 0 Å². The van der Waals surface area contributed by atoms with Crippen molar-refractivity contribution in [2.75, 3.05) is 6.61 Å². The predicted molar refractivity (Wildman–Crippen MR) is 143 cm³/mol. The molecule has 0 aliphatic rings. The van der Waals surface area contributed by atoms with Gasteiger partial charge >= 0.3 is 5.97 Å². The van der Waals surface area contributed by atoms with E-state index in [0.717, 1.165) is 22.3 Å². The van der Waals surface area contributed by atoms with E-state index in [0.29, 0.717) is 12.1 Å². The summed E-state index contributed by atoms with van der Waals surface area (Å²) in [6.45, 7) is 4.73. The molecule has 1 unspecified atom stereocenters. The Hall–Kier alpha value is -3.76. The smallest absolute Gasteiger partial charge is 0.307 e. The minimum atomic E-state index is -0.525. The zero-order valence-corrected chi connectivity index (χ0v) is 20.8. The molecular formula is C32H32FNO2. The van der Waals surface area contributed by atoms with E-state index >= 15 is 4.39 Å². The lowest BCUT2D eigenvalue weighted by Gasteiger charge is -2.37. The highest BCUT2D eigenvalue weighted by Gasteiger charge is 2.31. The molecule has 0 aromatic heterocycles. The summed E-state index contributed by atoms with van der Waals surface area (Å²) in [4.78, 5) is 15.0. The monoisotopic (exact) mass is 481 g/mol. The minimum Gasteiger partial charge on any atom is -0.466 e. The van der Waals surface area contributed by atoms with Gasteiger partial charge in [0.15, 0.2) is 0 Å². The van der Waals surface area contributed by atoms with Crippen LogP contribution in [0.5, 0.6) is 0 Å². The molecule has 3 nitrogen and oxygen atoms in total. The van der Waals surface area contributed by atoms with Gasteiger partial charge in [-0.15, -0.1) is 0 Å². The molecule has 0 amide bonds. The van der Waals surface area contributed by atoms with Gasteiger partial charge in [-0.1, -0.05) is 97.1 Å². The summed E-state index contributed by atoms with van der Waals surface area (Å²) in [5, 5.41) is 0. The first-order valence-corrected chi connectivity index (χ1v) is 12.4. The van der Waals surface area contributed by atoms with E-state index in [1.54, 1.807) is 13.0 Å². The van der Waals surface area contributed by atoms with Gasteiger partial charge in [0.05, 0.1) is 13.0 Å². The molecule has 0 bridgehead atoms. The fraction of sp³-hybridized carbons (Fsp3) is 0.219. The summed E-state index contributed by atoms with van der Waals surface area (Å²) in [6, 6.07) is 34.7. The Balaban J connectivity index is 1.82. The topological polar surface area (TPSA) is 29.5 Å². The molecule has 0 saturated carbocycles. The maximum Gasteiger partial charge on any atom is 0.307 e. The van der Waals surface area contributed by atoms with Crippen LogP contribution in [0.4, 0.5) is 4.39 Å². The first kappa shape index (κ1) is 25.3. The molecule has 184 valence electrons. The first-order chi connectivity index (χ1) is 17.6. The van der Waals surface area contributed by atoms with Crippen LogP contribution in [0.2, 0.25) is 0 Å². The second kappa shape index (κ2) is 12.3. The van der Waals surface area contributed by atoms with Crippen molar-refractivity contribution in [1.82, 2.24) is 4.90 Å². The lowest BCUT2D eigenvalue weighted by Crippen LogP contribution is -2.33. The molecule has 2 atom stereocenters. The number of carbonyl (C=O) groups excluding carboxylic acids is 1. The molecule has 0 N–H and O–H groups in total. The van der Waals surface area contributed by atoms with Crippen molar-refractivity contribution >= 4 is 5.97 Å². The van der Waals surface area contributed by atoms with Crippen LogP contribution in [0.25, 0.3) is 11.1 Å². The van der Waals surface area contributed by atoms with E-state index in [9.17, 15) is 4.79 Å². The van der Waals surface area contributed by atoms with Gasteiger partial charge in [-0.25, -0.2) is 4.39 Å². The van der Waals surface area contributed by atoms with Gasteiger partial charge in [0, 0.05) is 24.2 Å². The number of hydrogen-bond donors (Lipinski definition) is 0. The summed E-state index contributed by atoms with van der Waals surface area (Å²) in [5.74, 6) is -0.673. The first-order valence-electron chi connectivity index (χ1n) is 12.4. The Labute approximate surface area is 213 Å². The van der Waals surface area contributed by atoms with Gasteiger partial charge in [0.25, 0.3) is 0 Å². The van der Waals surface area contributed by atoms with Crippen molar-refractivity contribution in [3.63, 3.8) is 0 Å². The third kappa shape index (κ3) is 6.27. The van der Waals surface area contributed by atoms with Gasteiger partial charge in [-0.05, 0) is 48.2 Å². The molecule has 4 aromatic rings. The average Bonchev–Trinajstić information content (AvgIpc) is 2.92. The van der Waals surface area contributed by atoms with Gasteiger partial charge in [-0.2, -0.15) is 0 Å². The van der Waals surface area contributed by atoms with E-state index < -0.39 is 6.04 Å². The van der Waals surface area contributed by atoms with Gasteiger partial charge in [0.1, 0.15) is 5.82 Å². The zero-order chi connectivity index (χ0) is 25.3. The summed E-state index contributed by atoms with van der Waals surface area (Å²) < 4.78 is 20.9. The standard InChI is InChI=1S/C32H32FNO2/c1-3-36-32(35)22-31(29-21-28(19-20-30(29)33)27-17-11-6-12-18-27)34(23-25-13-7-4-8-14-25)24(2)26-15-9-5-10-16-26/h4-21,24,31H,3,22-23H2,1-2H3/t24-,31?/m1/s1. The van der Waals surface area contributed by atoms with Crippen LogP contribution >= 0.6 is 0 Å². The maximum atomic E-state index is 15.6. The maximum absolute atomic E-state index is 15.6. The molecule has 0 aliphatic heterocycles. The van der Waals surface area contributed by atoms with E-state index in [4.69, 9.17) is 4.74 Å². The normalized spacial score (nSPS) is 12.8. The fourth-order valence-electron chi connectivity index (χ4n) is 4.63. The Morgan fingerprint density at radius 2 is 1.44 bits per heavy atom. The van der Waals surface area contributed by atoms with Crippen LogP contribution in [-0.2, 0) is 16.1 Å². The molecule has 0 aliphatic carbocycles. The highest BCUT2D eigenvalue weighted by atomic mass is 19.1. The van der Waals surface area contributed by atoms with Crippen LogP contribution in [-0.4, -0.2) is 17.5 Å². The van der Waals surface area contributed by atoms with Crippen molar-refractivity contribution in [3.05, 3.63) is 132 Å². The molecule has 4 heteroatoms. The zero-order valence-electron chi connectivity index (χ0n) is 20.8. The molecule has 4 aromatic carbocycles. The lowest BCUT2D eigenvalue weighted by atomic mass is 9.93. The van der Waals surface area contributed by atoms with Crippen molar-refractivity contribution in [2.24, 2.45) is 0 Å². The Morgan fingerprint density at radius 3 is 2.08 bits per heavy atom. The summed E-state index contributed by atoms with van der Waals surface area (Å²) in [7, 11) is 0. The summed E-state index contributed by atoms with van der Waals surface area (Å²) in [5.41, 5.74) is 4.59. The van der Waals surface area contributed by atoms with Crippen molar-refractivity contribution in [2.45, 2.75) is 38.9 Å². The average molecular weight is 482 g/mol.